The lowest BCUT2D eigenvalue weighted by Crippen LogP contribution is -1.98. The van der Waals surface area contributed by atoms with Gasteiger partial charge in [-0.2, -0.15) is 4.98 Å². The number of hydrogen-bond acceptors (Lipinski definition) is 6. The van der Waals surface area contributed by atoms with E-state index in [1.54, 1.807) is 13.2 Å². The second-order valence-corrected chi connectivity index (χ2v) is 5.71. The lowest BCUT2D eigenvalue weighted by molar-refractivity contribution is 0.0419. The Morgan fingerprint density at radius 3 is 2.90 bits per heavy atom. The van der Waals surface area contributed by atoms with Crippen LogP contribution in [-0.2, 0) is 4.74 Å². The number of esters is 1. The van der Waals surface area contributed by atoms with Gasteiger partial charge in [0.1, 0.15) is 6.10 Å². The van der Waals surface area contributed by atoms with Crippen LogP contribution >= 0.6 is 11.8 Å². The van der Waals surface area contributed by atoms with Crippen LogP contribution in [-0.4, -0.2) is 23.0 Å². The summed E-state index contributed by atoms with van der Waals surface area (Å²) in [6.07, 6.45) is -0.207. The Bertz CT molecular complexity index is 718. The summed E-state index contributed by atoms with van der Waals surface area (Å²) in [6, 6.07) is 7.45. The molecule has 0 fully saturated rings. The first-order chi connectivity index (χ1) is 10.1. The topological polar surface area (TPSA) is 61.3 Å². The van der Waals surface area contributed by atoms with Crippen molar-refractivity contribution < 1.29 is 14.3 Å². The molecular formula is C15H14N2O3S. The molecule has 1 unspecified atom stereocenters. The van der Waals surface area contributed by atoms with Gasteiger partial charge in [0.15, 0.2) is 5.16 Å². The van der Waals surface area contributed by atoms with Gasteiger partial charge in [-0.1, -0.05) is 12.1 Å². The van der Waals surface area contributed by atoms with Crippen LogP contribution in [0.2, 0.25) is 0 Å². The third-order valence-electron chi connectivity index (χ3n) is 3.20. The third-order valence-corrected chi connectivity index (χ3v) is 4.13. The number of cyclic esters (lactones) is 1. The molecule has 1 aliphatic rings. The number of benzene rings is 1. The van der Waals surface area contributed by atoms with E-state index in [-0.39, 0.29) is 12.1 Å². The predicted molar refractivity (Wildman–Crippen MR) is 77.7 cm³/mol. The fourth-order valence-electron chi connectivity index (χ4n) is 2.24. The number of carbonyl (C=O) groups is 1. The van der Waals surface area contributed by atoms with Gasteiger partial charge in [0.25, 0.3) is 0 Å². The van der Waals surface area contributed by atoms with E-state index in [0.29, 0.717) is 16.6 Å². The molecule has 6 heteroatoms. The molecule has 108 valence electrons. The maximum Gasteiger partial charge on any atom is 0.340 e. The van der Waals surface area contributed by atoms with Crippen LogP contribution in [0, 0.1) is 6.92 Å². The molecule has 5 nitrogen and oxygen atoms in total. The molecule has 0 saturated carbocycles. The zero-order valence-corrected chi connectivity index (χ0v) is 12.7. The molecule has 1 aromatic heterocycles. The lowest BCUT2D eigenvalue weighted by Gasteiger charge is -2.07. The van der Waals surface area contributed by atoms with Crippen LogP contribution in [0.25, 0.3) is 0 Å². The van der Waals surface area contributed by atoms with Crippen LogP contribution in [0.4, 0.5) is 0 Å². The average Bonchev–Trinajstić information content (AvgIpc) is 2.74. The largest absolute Gasteiger partial charge is 0.481 e. The normalized spacial score (nSPS) is 16.5. The van der Waals surface area contributed by atoms with Crippen LogP contribution < -0.4 is 4.74 Å². The number of aromatic nitrogens is 2. The smallest absolute Gasteiger partial charge is 0.340 e. The van der Waals surface area contributed by atoms with Crippen molar-refractivity contribution in [2.75, 3.05) is 7.11 Å². The molecule has 0 aliphatic carbocycles. The van der Waals surface area contributed by atoms with Crippen molar-refractivity contribution in [3.05, 3.63) is 41.1 Å². The molecule has 0 amide bonds. The molecule has 0 saturated heterocycles. The van der Waals surface area contributed by atoms with E-state index >= 15 is 0 Å². The lowest BCUT2D eigenvalue weighted by atomic mass is 10.1. The zero-order valence-electron chi connectivity index (χ0n) is 11.9. The van der Waals surface area contributed by atoms with Crippen LogP contribution in [0.5, 0.6) is 5.88 Å². The number of methoxy groups -OCH3 is 1. The summed E-state index contributed by atoms with van der Waals surface area (Å²) in [7, 11) is 1.56. The van der Waals surface area contributed by atoms with Gasteiger partial charge >= 0.3 is 5.97 Å². The van der Waals surface area contributed by atoms with Crippen molar-refractivity contribution in [2.24, 2.45) is 0 Å². The van der Waals surface area contributed by atoms with Crippen molar-refractivity contribution in [3.8, 4) is 5.88 Å². The Morgan fingerprint density at radius 1 is 1.33 bits per heavy atom. The Balaban J connectivity index is 2.00. The second kappa shape index (κ2) is 5.37. The number of rotatable bonds is 3. The molecule has 1 aromatic carbocycles. The number of hydrogen-bond donors (Lipinski definition) is 0. The summed E-state index contributed by atoms with van der Waals surface area (Å²) in [5.41, 5.74) is 2.33. The Morgan fingerprint density at radius 2 is 2.14 bits per heavy atom. The summed E-state index contributed by atoms with van der Waals surface area (Å²) >= 11 is 1.34. The van der Waals surface area contributed by atoms with Crippen molar-refractivity contribution >= 4 is 17.7 Å². The maximum absolute atomic E-state index is 12.0. The van der Waals surface area contributed by atoms with E-state index < -0.39 is 0 Å². The first-order valence-electron chi connectivity index (χ1n) is 6.50. The number of ether oxygens (including phenoxy) is 2. The van der Waals surface area contributed by atoms with Gasteiger partial charge in [-0.25, -0.2) is 9.78 Å². The van der Waals surface area contributed by atoms with E-state index in [2.05, 4.69) is 9.97 Å². The van der Waals surface area contributed by atoms with Crippen LogP contribution in [0.3, 0.4) is 0 Å². The number of carbonyl (C=O) groups excluding carboxylic acids is 1. The second-order valence-electron chi connectivity index (χ2n) is 4.70. The van der Waals surface area contributed by atoms with Gasteiger partial charge in [-0.3, -0.25) is 0 Å². The van der Waals surface area contributed by atoms with Crippen LogP contribution in [0.1, 0.15) is 34.6 Å². The summed E-state index contributed by atoms with van der Waals surface area (Å²) < 4.78 is 10.4. The predicted octanol–water partition coefficient (Wildman–Crippen LogP) is 3.18. The summed E-state index contributed by atoms with van der Waals surface area (Å²) in [5.74, 6) is 0.216. The monoisotopic (exact) mass is 302 g/mol. The molecule has 21 heavy (non-hydrogen) atoms. The molecule has 1 atom stereocenters. The Kier molecular flexibility index (Phi) is 3.55. The van der Waals surface area contributed by atoms with Gasteiger partial charge in [-0.15, -0.1) is 0 Å². The summed E-state index contributed by atoms with van der Waals surface area (Å²) in [5, 5.41) is 0.549. The van der Waals surface area contributed by atoms with Crippen molar-refractivity contribution in [1.82, 2.24) is 9.97 Å². The minimum absolute atomic E-state index is 0.207. The van der Waals surface area contributed by atoms with E-state index in [1.807, 2.05) is 32.0 Å². The minimum Gasteiger partial charge on any atom is -0.481 e. The van der Waals surface area contributed by atoms with Crippen molar-refractivity contribution in [2.45, 2.75) is 30.0 Å². The summed E-state index contributed by atoms with van der Waals surface area (Å²) in [6.45, 7) is 3.74. The number of nitrogens with zero attached hydrogens (tertiary/aromatic N) is 2. The molecule has 1 aliphatic heterocycles. The number of fused-ring (bicyclic) bond motifs is 1. The molecule has 3 rings (SSSR count). The SMILES string of the molecule is COc1cc(C)nc(Sc2cccc3c2C(=O)OC3C)n1. The molecule has 0 bridgehead atoms. The highest BCUT2D eigenvalue weighted by Crippen LogP contribution is 2.38. The maximum atomic E-state index is 12.0. The van der Waals surface area contributed by atoms with Gasteiger partial charge < -0.3 is 9.47 Å². The standard InChI is InChI=1S/C15H14N2O3S/c1-8-7-12(19-3)17-15(16-8)21-11-6-4-5-10-9(2)20-14(18)13(10)11/h4-7,9H,1-3H3. The van der Waals surface area contributed by atoms with Gasteiger partial charge in [-0.05, 0) is 31.7 Å². The van der Waals surface area contributed by atoms with Gasteiger partial charge in [0.2, 0.25) is 5.88 Å². The van der Waals surface area contributed by atoms with E-state index in [9.17, 15) is 4.79 Å². The first kappa shape index (κ1) is 13.9. The van der Waals surface area contributed by atoms with Gasteiger partial charge in [0, 0.05) is 22.2 Å². The molecular weight excluding hydrogens is 288 g/mol. The third kappa shape index (κ3) is 2.58. The Hall–Kier alpha value is -2.08. The fourth-order valence-corrected chi connectivity index (χ4v) is 3.21. The molecule has 2 heterocycles. The quantitative estimate of drug-likeness (QED) is 0.641. The molecule has 2 aromatic rings. The highest BCUT2D eigenvalue weighted by Gasteiger charge is 2.30. The van der Waals surface area contributed by atoms with Gasteiger partial charge in [0.05, 0.1) is 12.7 Å². The van der Waals surface area contributed by atoms with Crippen molar-refractivity contribution in [1.29, 1.82) is 0 Å². The highest BCUT2D eigenvalue weighted by molar-refractivity contribution is 7.99. The fraction of sp³-hybridized carbons (Fsp3) is 0.267. The summed E-state index contributed by atoms with van der Waals surface area (Å²) in [4.78, 5) is 21.4. The van der Waals surface area contributed by atoms with E-state index in [1.165, 1.54) is 11.8 Å². The molecule has 0 radical (unpaired) electrons. The number of aryl methyl sites for hydroxylation is 1. The zero-order chi connectivity index (χ0) is 15.0. The highest BCUT2D eigenvalue weighted by atomic mass is 32.2. The minimum atomic E-state index is -0.291. The van der Waals surface area contributed by atoms with E-state index in [0.717, 1.165) is 16.2 Å². The Labute approximate surface area is 126 Å². The van der Waals surface area contributed by atoms with Crippen LogP contribution in [0.15, 0.2) is 34.3 Å². The molecule has 0 spiro atoms. The van der Waals surface area contributed by atoms with E-state index in [4.69, 9.17) is 9.47 Å². The average molecular weight is 302 g/mol. The van der Waals surface area contributed by atoms with Crippen molar-refractivity contribution in [3.63, 3.8) is 0 Å². The molecule has 0 N–H and O–H groups in total. The first-order valence-corrected chi connectivity index (χ1v) is 7.31.